The van der Waals surface area contributed by atoms with Crippen LogP contribution in [-0.4, -0.2) is 26.2 Å². The van der Waals surface area contributed by atoms with Crippen LogP contribution in [0, 0.1) is 6.92 Å². The number of nitrogens with one attached hydrogen (secondary N) is 2. The van der Waals surface area contributed by atoms with E-state index < -0.39 is 0 Å². The first kappa shape index (κ1) is 17.9. The van der Waals surface area contributed by atoms with Gasteiger partial charge in [0.15, 0.2) is 6.29 Å². The lowest BCUT2D eigenvalue weighted by Gasteiger charge is -2.06. The molecule has 0 amide bonds. The molecule has 4 rings (SSSR count). The van der Waals surface area contributed by atoms with Crippen molar-refractivity contribution in [3.63, 3.8) is 0 Å². The van der Waals surface area contributed by atoms with E-state index in [1.807, 2.05) is 49.4 Å². The highest BCUT2D eigenvalue weighted by atomic mass is 16.1. The Kier molecular flexibility index (Phi) is 4.65. The molecule has 0 spiro atoms. The molecule has 0 saturated carbocycles. The molecule has 3 heterocycles. The molecule has 5 nitrogen and oxygen atoms in total. The number of aryl methyl sites for hydroxylation is 1. The number of hydrogen-bond acceptors (Lipinski definition) is 3. The second-order valence-electron chi connectivity index (χ2n) is 7.19. The number of rotatable bonds is 5. The number of H-pyrrole nitrogens is 2. The first-order chi connectivity index (χ1) is 13.5. The first-order valence-electron chi connectivity index (χ1n) is 9.34. The molecule has 0 radical (unpaired) electrons. The monoisotopic (exact) mass is 370 g/mol. The number of benzene rings is 1. The normalized spacial score (nSPS) is 11.1. The van der Waals surface area contributed by atoms with Gasteiger partial charge >= 0.3 is 0 Å². The molecule has 0 aliphatic carbocycles. The maximum Gasteiger partial charge on any atom is 0.166 e. The minimum absolute atomic E-state index is 0.277. The first-order valence-corrected chi connectivity index (χ1v) is 9.34. The molecule has 28 heavy (non-hydrogen) atoms. The molecule has 0 fully saturated rings. The van der Waals surface area contributed by atoms with Gasteiger partial charge in [0.25, 0.3) is 0 Å². The average Bonchev–Trinajstić information content (AvgIpc) is 3.35. The van der Waals surface area contributed by atoms with Crippen LogP contribution in [-0.2, 0) is 0 Å². The zero-order chi connectivity index (χ0) is 19.7. The second-order valence-corrected chi connectivity index (χ2v) is 7.19. The number of aromatic amines is 2. The number of aldehydes is 1. The van der Waals surface area contributed by atoms with E-state index in [1.54, 1.807) is 6.07 Å². The summed E-state index contributed by atoms with van der Waals surface area (Å²) in [5.41, 5.74) is 7.11. The number of nitrogens with zero attached hydrogens (tertiary/aromatic N) is 2. The van der Waals surface area contributed by atoms with Gasteiger partial charge in [-0.05, 0) is 42.8 Å². The number of hydrogen-bond donors (Lipinski definition) is 2. The minimum atomic E-state index is 0.277. The van der Waals surface area contributed by atoms with E-state index in [1.165, 1.54) is 0 Å². The summed E-state index contributed by atoms with van der Waals surface area (Å²) >= 11 is 0. The summed E-state index contributed by atoms with van der Waals surface area (Å²) in [6.45, 7) is 6.22. The summed E-state index contributed by atoms with van der Waals surface area (Å²) in [6.07, 6.45) is 0.817. The van der Waals surface area contributed by atoms with Gasteiger partial charge < -0.3 is 9.97 Å². The predicted octanol–water partition coefficient (Wildman–Crippen LogP) is 5.38. The molecule has 4 aromatic rings. The standard InChI is InChI=1S/C23H22N4O/c1-14(2)23-26-21(22(27-23)20-9-4-6-15(3)24-20)17-8-5-7-16(12-17)19-11-10-18(13-28)25-19/h4-14,25H,1-3H3,(H,26,27). The van der Waals surface area contributed by atoms with E-state index in [0.717, 1.165) is 51.7 Å². The quantitative estimate of drug-likeness (QED) is 0.463. The van der Waals surface area contributed by atoms with Crippen LogP contribution in [0.3, 0.4) is 0 Å². The fourth-order valence-corrected chi connectivity index (χ4v) is 3.22. The third-order valence-corrected chi connectivity index (χ3v) is 4.70. The van der Waals surface area contributed by atoms with Crippen LogP contribution in [0.2, 0.25) is 0 Å². The van der Waals surface area contributed by atoms with Gasteiger partial charge in [0.05, 0.1) is 22.8 Å². The largest absolute Gasteiger partial charge is 0.352 e. The highest BCUT2D eigenvalue weighted by molar-refractivity contribution is 5.80. The number of carbonyl (C=O) groups is 1. The molecule has 2 N–H and O–H groups in total. The topological polar surface area (TPSA) is 74.4 Å². The van der Waals surface area contributed by atoms with Crippen molar-refractivity contribution in [1.82, 2.24) is 19.9 Å². The maximum atomic E-state index is 11.0. The Morgan fingerprint density at radius 3 is 2.43 bits per heavy atom. The van der Waals surface area contributed by atoms with E-state index in [0.29, 0.717) is 5.69 Å². The Labute approximate surface area is 163 Å². The zero-order valence-corrected chi connectivity index (χ0v) is 16.2. The zero-order valence-electron chi connectivity index (χ0n) is 16.2. The van der Waals surface area contributed by atoms with Crippen molar-refractivity contribution in [2.45, 2.75) is 26.7 Å². The summed E-state index contributed by atoms with van der Waals surface area (Å²) in [5.74, 6) is 1.21. The van der Waals surface area contributed by atoms with Crippen molar-refractivity contribution in [3.8, 4) is 33.9 Å². The molecule has 0 unspecified atom stereocenters. The molecule has 0 aliphatic rings. The maximum absolute atomic E-state index is 11.0. The Balaban J connectivity index is 1.84. The van der Waals surface area contributed by atoms with Gasteiger partial charge in [-0.3, -0.25) is 9.78 Å². The van der Waals surface area contributed by atoms with E-state index in [-0.39, 0.29) is 5.92 Å². The van der Waals surface area contributed by atoms with Crippen LogP contribution in [0.4, 0.5) is 0 Å². The van der Waals surface area contributed by atoms with Crippen LogP contribution in [0.5, 0.6) is 0 Å². The fraction of sp³-hybridized carbons (Fsp3) is 0.174. The van der Waals surface area contributed by atoms with Crippen LogP contribution in [0.1, 0.15) is 41.8 Å². The Morgan fingerprint density at radius 1 is 0.929 bits per heavy atom. The lowest BCUT2D eigenvalue weighted by atomic mass is 10.0. The molecular weight excluding hydrogens is 348 g/mol. The second kappa shape index (κ2) is 7.27. The van der Waals surface area contributed by atoms with Crippen molar-refractivity contribution >= 4 is 6.29 Å². The van der Waals surface area contributed by atoms with Crippen molar-refractivity contribution in [2.75, 3.05) is 0 Å². The van der Waals surface area contributed by atoms with Gasteiger partial charge in [-0.15, -0.1) is 0 Å². The van der Waals surface area contributed by atoms with Gasteiger partial charge in [0.1, 0.15) is 5.82 Å². The van der Waals surface area contributed by atoms with Crippen LogP contribution < -0.4 is 0 Å². The van der Waals surface area contributed by atoms with E-state index in [9.17, 15) is 4.79 Å². The van der Waals surface area contributed by atoms with Gasteiger partial charge in [0, 0.05) is 22.9 Å². The van der Waals surface area contributed by atoms with Gasteiger partial charge in [-0.2, -0.15) is 0 Å². The number of pyridine rings is 1. The smallest absolute Gasteiger partial charge is 0.166 e. The summed E-state index contributed by atoms with van der Waals surface area (Å²) in [5, 5.41) is 0. The van der Waals surface area contributed by atoms with Crippen LogP contribution >= 0.6 is 0 Å². The van der Waals surface area contributed by atoms with Gasteiger partial charge in [-0.1, -0.05) is 38.1 Å². The van der Waals surface area contributed by atoms with Crippen molar-refractivity contribution in [1.29, 1.82) is 0 Å². The predicted molar refractivity (Wildman–Crippen MR) is 111 cm³/mol. The molecule has 3 aromatic heterocycles. The molecule has 0 saturated heterocycles. The molecule has 140 valence electrons. The highest BCUT2D eigenvalue weighted by Gasteiger charge is 2.17. The van der Waals surface area contributed by atoms with Crippen molar-refractivity contribution in [2.24, 2.45) is 0 Å². The molecule has 5 heteroatoms. The highest BCUT2D eigenvalue weighted by Crippen LogP contribution is 2.33. The Bertz CT molecular complexity index is 1140. The molecule has 1 aromatic carbocycles. The van der Waals surface area contributed by atoms with Crippen molar-refractivity contribution < 1.29 is 4.79 Å². The SMILES string of the molecule is Cc1cccc(-c2[nH]c(C(C)C)nc2-c2cccc(-c3ccc(C=O)[nH]3)c2)n1. The minimum Gasteiger partial charge on any atom is -0.352 e. The van der Waals surface area contributed by atoms with E-state index >= 15 is 0 Å². The summed E-state index contributed by atoms with van der Waals surface area (Å²) in [4.78, 5) is 27.1. The van der Waals surface area contributed by atoms with Crippen LogP contribution in [0.25, 0.3) is 33.9 Å². The molecule has 0 bridgehead atoms. The van der Waals surface area contributed by atoms with Gasteiger partial charge in [-0.25, -0.2) is 4.98 Å². The van der Waals surface area contributed by atoms with Gasteiger partial charge in [0.2, 0.25) is 0 Å². The third kappa shape index (κ3) is 3.39. The average molecular weight is 370 g/mol. The lowest BCUT2D eigenvalue weighted by molar-refractivity contribution is 0.111. The third-order valence-electron chi connectivity index (χ3n) is 4.70. The number of carbonyl (C=O) groups excluding carboxylic acids is 1. The van der Waals surface area contributed by atoms with E-state index in [2.05, 4.69) is 34.9 Å². The van der Waals surface area contributed by atoms with Crippen molar-refractivity contribution in [3.05, 3.63) is 71.8 Å². The molecule has 0 atom stereocenters. The summed E-state index contributed by atoms with van der Waals surface area (Å²) in [7, 11) is 0. The molecular formula is C23H22N4O. The Morgan fingerprint density at radius 2 is 1.71 bits per heavy atom. The van der Waals surface area contributed by atoms with E-state index in [4.69, 9.17) is 4.98 Å². The summed E-state index contributed by atoms with van der Waals surface area (Å²) in [6, 6.07) is 17.8. The van der Waals surface area contributed by atoms with Crippen LogP contribution in [0.15, 0.2) is 54.6 Å². The molecule has 0 aliphatic heterocycles. The summed E-state index contributed by atoms with van der Waals surface area (Å²) < 4.78 is 0. The fourth-order valence-electron chi connectivity index (χ4n) is 3.22. The number of imidazole rings is 1. The lowest BCUT2D eigenvalue weighted by Crippen LogP contribution is -1.90. The number of aromatic nitrogens is 4. The Hall–Kier alpha value is -3.47.